The van der Waals surface area contributed by atoms with Gasteiger partial charge in [-0.05, 0) is 67.8 Å². The van der Waals surface area contributed by atoms with Gasteiger partial charge >= 0.3 is 18.3 Å². The van der Waals surface area contributed by atoms with Crippen molar-refractivity contribution in [2.75, 3.05) is 16.9 Å². The third kappa shape index (κ3) is 5.99. The average Bonchev–Trinajstić information content (AvgIpc) is 3.01. The van der Waals surface area contributed by atoms with Gasteiger partial charge in [-0.3, -0.25) is 4.79 Å². The predicted molar refractivity (Wildman–Crippen MR) is 124 cm³/mol. The maximum Gasteiger partial charge on any atom is 0.573 e. The zero-order chi connectivity index (χ0) is 25.9. The molecule has 3 rings (SSSR count). The number of hydrogen-bond donors (Lipinski definition) is 2. The summed E-state index contributed by atoms with van der Waals surface area (Å²) in [7, 11) is 0. The Morgan fingerprint density at radius 2 is 1.80 bits per heavy atom. The van der Waals surface area contributed by atoms with E-state index in [2.05, 4.69) is 4.74 Å². The van der Waals surface area contributed by atoms with Crippen LogP contribution in [-0.2, 0) is 16.1 Å². The van der Waals surface area contributed by atoms with Crippen molar-refractivity contribution < 1.29 is 42.1 Å². The van der Waals surface area contributed by atoms with E-state index < -0.39 is 42.5 Å². The second kappa shape index (κ2) is 10.5. The molecule has 2 N–H and O–H groups in total. The Labute approximate surface area is 201 Å². The van der Waals surface area contributed by atoms with Gasteiger partial charge in [-0.1, -0.05) is 0 Å². The molecule has 188 valence electrons. The molecule has 7 nitrogen and oxygen atoms in total. The summed E-state index contributed by atoms with van der Waals surface area (Å²) in [5.41, 5.74) is 1.20. The third-order valence-corrected chi connectivity index (χ3v) is 5.97. The molecule has 35 heavy (non-hydrogen) atoms. The zero-order valence-electron chi connectivity index (χ0n) is 18.7. The van der Waals surface area contributed by atoms with E-state index in [0.717, 1.165) is 12.1 Å². The van der Waals surface area contributed by atoms with Crippen molar-refractivity contribution in [2.45, 2.75) is 32.3 Å². The number of aromatic nitrogens is 1. The summed E-state index contributed by atoms with van der Waals surface area (Å²) >= 11 is 1.41. The summed E-state index contributed by atoms with van der Waals surface area (Å²) in [5.74, 6) is -3.02. The van der Waals surface area contributed by atoms with Crippen molar-refractivity contribution >= 4 is 46.0 Å². The van der Waals surface area contributed by atoms with Crippen LogP contribution in [0.5, 0.6) is 5.75 Å². The minimum Gasteiger partial charge on any atom is -0.480 e. The Kier molecular flexibility index (Phi) is 7.83. The van der Waals surface area contributed by atoms with Crippen LogP contribution in [0.3, 0.4) is 0 Å². The van der Waals surface area contributed by atoms with Gasteiger partial charge in [0.25, 0.3) is 0 Å². The lowest BCUT2D eigenvalue weighted by Crippen LogP contribution is -2.39. The number of carbonyl (C=O) groups is 2. The van der Waals surface area contributed by atoms with Gasteiger partial charge in [-0.15, -0.1) is 13.2 Å². The largest absolute Gasteiger partial charge is 0.573 e. The van der Waals surface area contributed by atoms with Crippen molar-refractivity contribution in [1.29, 1.82) is 0 Å². The van der Waals surface area contributed by atoms with Crippen molar-refractivity contribution in [3.63, 3.8) is 0 Å². The number of nitrogens with zero attached hydrogens (tertiary/aromatic N) is 2. The van der Waals surface area contributed by atoms with Crippen LogP contribution in [0.1, 0.15) is 12.1 Å². The molecule has 3 aromatic rings. The van der Waals surface area contributed by atoms with Gasteiger partial charge in [0.1, 0.15) is 24.2 Å². The fourth-order valence-corrected chi connectivity index (χ4v) is 4.40. The average molecular weight is 514 g/mol. The summed E-state index contributed by atoms with van der Waals surface area (Å²) in [6.07, 6.45) is -2.95. The number of ether oxygens (including phenoxy) is 1. The number of carboxylic acids is 2. The van der Waals surface area contributed by atoms with E-state index in [1.54, 1.807) is 13.2 Å². The fraction of sp³-hybridized carbons (Fsp3) is 0.304. The smallest absolute Gasteiger partial charge is 0.480 e. The quantitative estimate of drug-likeness (QED) is 0.349. The summed E-state index contributed by atoms with van der Waals surface area (Å²) < 4.78 is 57.4. The normalized spacial score (nSPS) is 12.5. The van der Waals surface area contributed by atoms with Gasteiger partial charge in [-0.2, -0.15) is 11.8 Å². The second-order valence-electron chi connectivity index (χ2n) is 7.62. The molecule has 12 heteroatoms. The summed E-state index contributed by atoms with van der Waals surface area (Å²) in [4.78, 5) is 25.2. The van der Waals surface area contributed by atoms with Crippen molar-refractivity contribution in [3.05, 3.63) is 54.0 Å². The van der Waals surface area contributed by atoms with Gasteiger partial charge in [0, 0.05) is 16.8 Å². The van der Waals surface area contributed by atoms with E-state index in [1.165, 1.54) is 51.6 Å². The first-order chi connectivity index (χ1) is 16.4. The second-order valence-corrected chi connectivity index (χ2v) is 8.61. The Morgan fingerprint density at radius 3 is 2.34 bits per heavy atom. The highest BCUT2D eigenvalue weighted by molar-refractivity contribution is 7.98. The van der Waals surface area contributed by atoms with E-state index >= 15 is 0 Å². The Balaban J connectivity index is 2.27. The number of anilines is 2. The van der Waals surface area contributed by atoms with Crippen molar-refractivity contribution in [1.82, 2.24) is 4.57 Å². The zero-order valence-corrected chi connectivity index (χ0v) is 19.5. The van der Waals surface area contributed by atoms with Crippen LogP contribution in [0, 0.1) is 12.7 Å². The molecule has 0 radical (unpaired) electrons. The van der Waals surface area contributed by atoms with Crippen LogP contribution < -0.4 is 9.64 Å². The number of hydrogen-bond acceptors (Lipinski definition) is 5. The first-order valence-electron chi connectivity index (χ1n) is 10.3. The number of thioether (sulfide) groups is 1. The molecule has 0 amide bonds. The standard InChI is InChI=1S/C23H22F4N2O5S/c1-13-21(17-11-14(24)3-8-18(17)28(13)12-20(30)31)29(19(22(32)33)9-10-35-2)15-4-6-16(7-5-15)34-23(25,26)27/h3-8,11,19H,9-10,12H2,1-2H3,(H,30,31)(H,32,33)/t19-/m0/s1. The molecular formula is C23H22F4N2O5S. The number of alkyl halides is 3. The topological polar surface area (TPSA) is 92.0 Å². The predicted octanol–water partition coefficient (Wildman–Crippen LogP) is 5.42. The third-order valence-electron chi connectivity index (χ3n) is 5.33. The molecular weight excluding hydrogens is 492 g/mol. The van der Waals surface area contributed by atoms with Crippen LogP contribution in [0.25, 0.3) is 10.9 Å². The minimum absolute atomic E-state index is 0.150. The SMILES string of the molecule is CSCC[C@@H](C(=O)O)N(c1ccc(OC(F)(F)F)cc1)c1c(C)n(CC(=O)O)c2ccc(F)cc12. The van der Waals surface area contributed by atoms with Gasteiger partial charge in [-0.25, -0.2) is 9.18 Å². The molecule has 2 aromatic carbocycles. The lowest BCUT2D eigenvalue weighted by Gasteiger charge is -2.32. The van der Waals surface area contributed by atoms with Crippen molar-refractivity contribution in [2.24, 2.45) is 0 Å². The number of aliphatic carboxylic acids is 2. The Hall–Kier alpha value is -3.41. The lowest BCUT2D eigenvalue weighted by molar-refractivity contribution is -0.274. The molecule has 1 atom stereocenters. The molecule has 1 aromatic heterocycles. The molecule has 0 saturated heterocycles. The first kappa shape index (κ1) is 26.2. The molecule has 0 aliphatic carbocycles. The number of rotatable bonds is 10. The van der Waals surface area contributed by atoms with Gasteiger partial charge < -0.3 is 24.4 Å². The van der Waals surface area contributed by atoms with E-state index in [9.17, 15) is 37.4 Å². The van der Waals surface area contributed by atoms with Crippen LogP contribution in [0.2, 0.25) is 0 Å². The number of fused-ring (bicyclic) bond motifs is 1. The minimum atomic E-state index is -4.90. The van der Waals surface area contributed by atoms with Crippen molar-refractivity contribution in [3.8, 4) is 5.75 Å². The fourth-order valence-electron chi connectivity index (χ4n) is 3.95. The monoisotopic (exact) mass is 514 g/mol. The Morgan fingerprint density at radius 1 is 1.14 bits per heavy atom. The number of carboxylic acid groups (broad SMARTS) is 2. The number of halogens is 4. The molecule has 0 bridgehead atoms. The summed E-state index contributed by atoms with van der Waals surface area (Å²) in [6.45, 7) is 1.13. The molecule has 0 unspecified atom stereocenters. The summed E-state index contributed by atoms with van der Waals surface area (Å²) in [6, 6.07) is 7.22. The highest BCUT2D eigenvalue weighted by atomic mass is 32.2. The van der Waals surface area contributed by atoms with E-state index in [1.807, 2.05) is 0 Å². The van der Waals surface area contributed by atoms with E-state index in [-0.39, 0.29) is 23.2 Å². The summed E-state index contributed by atoms with van der Waals surface area (Å²) in [5, 5.41) is 19.7. The maximum atomic E-state index is 14.3. The molecule has 1 heterocycles. The van der Waals surface area contributed by atoms with Crippen LogP contribution in [0.15, 0.2) is 42.5 Å². The molecule has 0 aliphatic rings. The molecule has 0 fully saturated rings. The van der Waals surface area contributed by atoms with Crippen LogP contribution in [-0.4, -0.2) is 51.1 Å². The lowest BCUT2D eigenvalue weighted by atomic mass is 10.1. The molecule has 0 saturated carbocycles. The first-order valence-corrected chi connectivity index (χ1v) is 11.7. The highest BCUT2D eigenvalue weighted by Gasteiger charge is 2.33. The van der Waals surface area contributed by atoms with Gasteiger partial charge in [0.05, 0.1) is 11.2 Å². The number of benzene rings is 2. The van der Waals surface area contributed by atoms with E-state index in [4.69, 9.17) is 0 Å². The van der Waals surface area contributed by atoms with Gasteiger partial charge in [0.15, 0.2) is 0 Å². The highest BCUT2D eigenvalue weighted by Crippen LogP contribution is 2.41. The van der Waals surface area contributed by atoms with Gasteiger partial charge in [0.2, 0.25) is 0 Å². The molecule has 0 aliphatic heterocycles. The van der Waals surface area contributed by atoms with E-state index in [0.29, 0.717) is 17.0 Å². The Bertz CT molecular complexity index is 1230. The van der Waals surface area contributed by atoms with Crippen LogP contribution in [0.4, 0.5) is 28.9 Å². The van der Waals surface area contributed by atoms with Crippen LogP contribution >= 0.6 is 11.8 Å². The maximum absolute atomic E-state index is 14.3. The molecule has 0 spiro atoms.